The number of benzene rings is 1. The minimum absolute atomic E-state index is 0.967. The van der Waals surface area contributed by atoms with Crippen LogP contribution in [0, 0.1) is 6.92 Å². The first-order valence-corrected chi connectivity index (χ1v) is 4.49. The van der Waals surface area contributed by atoms with E-state index in [1.165, 1.54) is 5.56 Å². The van der Waals surface area contributed by atoms with Crippen molar-refractivity contribution >= 4 is 11.0 Å². The zero-order valence-corrected chi connectivity index (χ0v) is 7.45. The molecule has 3 nitrogen and oxygen atoms in total. The molecule has 3 heteroatoms. The SMILES string of the molecule is [CH2]CCCc1cccc2[nH]nnc12. The standard InChI is InChI=1S/C10H12N3/c1-2-3-5-8-6-4-7-9-10(8)12-13-11-9/h4,6-7H,1-3,5H2,(H,11,12,13). The fourth-order valence-corrected chi connectivity index (χ4v) is 1.45. The van der Waals surface area contributed by atoms with Gasteiger partial charge in [0.2, 0.25) is 0 Å². The molecule has 1 heterocycles. The van der Waals surface area contributed by atoms with Gasteiger partial charge >= 0.3 is 0 Å². The molecule has 1 aromatic carbocycles. The van der Waals surface area contributed by atoms with Crippen LogP contribution in [0.25, 0.3) is 11.0 Å². The summed E-state index contributed by atoms with van der Waals surface area (Å²) in [5, 5.41) is 10.7. The molecular formula is C10H12N3. The fourth-order valence-electron chi connectivity index (χ4n) is 1.45. The third-order valence-electron chi connectivity index (χ3n) is 2.14. The zero-order valence-electron chi connectivity index (χ0n) is 7.45. The second-order valence-electron chi connectivity index (χ2n) is 3.08. The summed E-state index contributed by atoms with van der Waals surface area (Å²) in [5.74, 6) is 0. The Balaban J connectivity index is 2.37. The Labute approximate surface area is 77.2 Å². The molecule has 0 bridgehead atoms. The number of hydrogen-bond donors (Lipinski definition) is 1. The molecule has 0 fully saturated rings. The number of unbranched alkanes of at least 4 members (excludes halogenated alkanes) is 1. The quantitative estimate of drug-likeness (QED) is 0.774. The topological polar surface area (TPSA) is 41.6 Å². The molecule has 13 heavy (non-hydrogen) atoms. The van der Waals surface area contributed by atoms with Crippen LogP contribution in [0.15, 0.2) is 18.2 Å². The minimum atomic E-state index is 0.967. The normalized spacial score (nSPS) is 10.8. The van der Waals surface area contributed by atoms with E-state index in [1.54, 1.807) is 0 Å². The molecule has 2 aromatic rings. The minimum Gasteiger partial charge on any atom is -0.258 e. The highest BCUT2D eigenvalue weighted by molar-refractivity contribution is 5.77. The van der Waals surface area contributed by atoms with E-state index in [0.717, 1.165) is 30.3 Å². The number of nitrogens with zero attached hydrogens (tertiary/aromatic N) is 2. The van der Waals surface area contributed by atoms with E-state index in [9.17, 15) is 0 Å². The van der Waals surface area contributed by atoms with Crippen molar-refractivity contribution in [2.75, 3.05) is 0 Å². The molecule has 0 unspecified atom stereocenters. The molecule has 67 valence electrons. The smallest absolute Gasteiger partial charge is 0.116 e. The molecule has 0 saturated heterocycles. The van der Waals surface area contributed by atoms with E-state index < -0.39 is 0 Å². The summed E-state index contributed by atoms with van der Waals surface area (Å²) in [6, 6.07) is 6.12. The first-order valence-electron chi connectivity index (χ1n) is 4.49. The predicted molar refractivity (Wildman–Crippen MR) is 52.2 cm³/mol. The molecule has 0 atom stereocenters. The van der Waals surface area contributed by atoms with Gasteiger partial charge in [-0.2, -0.15) is 0 Å². The molecule has 2 rings (SSSR count). The van der Waals surface area contributed by atoms with E-state index in [2.05, 4.69) is 28.4 Å². The maximum Gasteiger partial charge on any atom is 0.116 e. The molecule has 0 aliphatic rings. The van der Waals surface area contributed by atoms with Crippen LogP contribution in [0.3, 0.4) is 0 Å². The van der Waals surface area contributed by atoms with Crippen molar-refractivity contribution in [2.45, 2.75) is 19.3 Å². The van der Waals surface area contributed by atoms with Crippen molar-refractivity contribution in [3.63, 3.8) is 0 Å². The van der Waals surface area contributed by atoms with Crippen LogP contribution in [-0.2, 0) is 6.42 Å². The molecule has 1 N–H and O–H groups in total. The van der Waals surface area contributed by atoms with Gasteiger partial charge in [-0.05, 0) is 24.5 Å². The summed E-state index contributed by atoms with van der Waals surface area (Å²) in [7, 11) is 0. The maximum atomic E-state index is 4.05. The predicted octanol–water partition coefficient (Wildman–Crippen LogP) is 2.11. The number of aromatic amines is 1. The number of H-pyrrole nitrogens is 1. The lowest BCUT2D eigenvalue weighted by atomic mass is 10.1. The second kappa shape index (κ2) is 3.56. The zero-order chi connectivity index (χ0) is 9.10. The van der Waals surface area contributed by atoms with E-state index in [-0.39, 0.29) is 0 Å². The first kappa shape index (κ1) is 8.23. The molecular weight excluding hydrogens is 162 g/mol. The monoisotopic (exact) mass is 174 g/mol. The highest BCUT2D eigenvalue weighted by atomic mass is 15.3. The third-order valence-corrected chi connectivity index (χ3v) is 2.14. The molecule has 0 aliphatic carbocycles. The van der Waals surface area contributed by atoms with Gasteiger partial charge in [0.15, 0.2) is 0 Å². The Hall–Kier alpha value is -1.38. The number of fused-ring (bicyclic) bond motifs is 1. The number of hydrogen-bond acceptors (Lipinski definition) is 2. The summed E-state index contributed by atoms with van der Waals surface area (Å²) in [4.78, 5) is 0. The van der Waals surface area contributed by atoms with Crippen molar-refractivity contribution in [2.24, 2.45) is 0 Å². The second-order valence-corrected chi connectivity index (χ2v) is 3.08. The van der Waals surface area contributed by atoms with Crippen molar-refractivity contribution in [1.82, 2.24) is 15.4 Å². The molecule has 1 aromatic heterocycles. The van der Waals surface area contributed by atoms with Crippen LogP contribution < -0.4 is 0 Å². The highest BCUT2D eigenvalue weighted by Gasteiger charge is 2.02. The van der Waals surface area contributed by atoms with Gasteiger partial charge in [0.25, 0.3) is 0 Å². The van der Waals surface area contributed by atoms with E-state index >= 15 is 0 Å². The van der Waals surface area contributed by atoms with Gasteiger partial charge in [0, 0.05) is 0 Å². The third kappa shape index (κ3) is 1.54. The van der Waals surface area contributed by atoms with Crippen molar-refractivity contribution in [3.05, 3.63) is 30.7 Å². The average molecular weight is 174 g/mol. The summed E-state index contributed by atoms with van der Waals surface area (Å²) in [6.07, 6.45) is 3.10. The molecule has 0 saturated carbocycles. The molecule has 0 aliphatic heterocycles. The van der Waals surface area contributed by atoms with Crippen LogP contribution in [-0.4, -0.2) is 15.4 Å². The fraction of sp³-hybridized carbons (Fsp3) is 0.300. The van der Waals surface area contributed by atoms with Gasteiger partial charge in [-0.25, -0.2) is 0 Å². The number of aryl methyl sites for hydroxylation is 1. The number of nitrogens with one attached hydrogen (secondary N) is 1. The van der Waals surface area contributed by atoms with E-state index in [1.807, 2.05) is 12.1 Å². The largest absolute Gasteiger partial charge is 0.258 e. The van der Waals surface area contributed by atoms with Gasteiger partial charge in [0.1, 0.15) is 5.52 Å². The van der Waals surface area contributed by atoms with Crippen LogP contribution in [0.1, 0.15) is 18.4 Å². The summed E-state index contributed by atoms with van der Waals surface area (Å²) in [6.45, 7) is 3.82. The Bertz CT molecular complexity index is 392. The van der Waals surface area contributed by atoms with Gasteiger partial charge in [0.05, 0.1) is 5.52 Å². The Morgan fingerprint density at radius 2 is 2.31 bits per heavy atom. The van der Waals surface area contributed by atoms with E-state index in [0.29, 0.717) is 0 Å². The Morgan fingerprint density at radius 1 is 1.38 bits per heavy atom. The average Bonchev–Trinajstić information content (AvgIpc) is 2.62. The number of aromatic nitrogens is 3. The van der Waals surface area contributed by atoms with Crippen molar-refractivity contribution in [1.29, 1.82) is 0 Å². The molecule has 1 radical (unpaired) electrons. The van der Waals surface area contributed by atoms with Crippen LogP contribution in [0.5, 0.6) is 0 Å². The Kier molecular flexibility index (Phi) is 2.25. The van der Waals surface area contributed by atoms with Gasteiger partial charge < -0.3 is 0 Å². The van der Waals surface area contributed by atoms with Gasteiger partial charge in [-0.15, -0.1) is 5.10 Å². The van der Waals surface area contributed by atoms with Gasteiger partial charge in [-0.3, -0.25) is 5.10 Å². The lowest BCUT2D eigenvalue weighted by molar-refractivity contribution is 0.843. The van der Waals surface area contributed by atoms with Crippen molar-refractivity contribution in [3.8, 4) is 0 Å². The van der Waals surface area contributed by atoms with Gasteiger partial charge in [-0.1, -0.05) is 30.7 Å². The lowest BCUT2D eigenvalue weighted by Crippen LogP contribution is -1.86. The van der Waals surface area contributed by atoms with E-state index in [4.69, 9.17) is 0 Å². The Morgan fingerprint density at radius 3 is 3.15 bits per heavy atom. The lowest BCUT2D eigenvalue weighted by Gasteiger charge is -1.98. The number of rotatable bonds is 3. The van der Waals surface area contributed by atoms with Crippen LogP contribution in [0.2, 0.25) is 0 Å². The summed E-state index contributed by atoms with van der Waals surface area (Å²) < 4.78 is 0. The molecule has 0 amide bonds. The van der Waals surface area contributed by atoms with Crippen molar-refractivity contribution < 1.29 is 0 Å². The molecule has 0 spiro atoms. The van der Waals surface area contributed by atoms with Crippen LogP contribution in [0.4, 0.5) is 0 Å². The van der Waals surface area contributed by atoms with Crippen LogP contribution >= 0.6 is 0 Å². The maximum absolute atomic E-state index is 4.05. The first-order chi connectivity index (χ1) is 6.42. The summed E-state index contributed by atoms with van der Waals surface area (Å²) >= 11 is 0. The highest BCUT2D eigenvalue weighted by Crippen LogP contribution is 2.15. The summed E-state index contributed by atoms with van der Waals surface area (Å²) in [5.41, 5.74) is 3.27.